The minimum absolute atomic E-state index is 0.817. The van der Waals surface area contributed by atoms with Gasteiger partial charge in [0.1, 0.15) is 7.85 Å². The van der Waals surface area contributed by atoms with E-state index in [4.69, 9.17) is 15.8 Å². The van der Waals surface area contributed by atoms with Crippen molar-refractivity contribution in [1.82, 2.24) is 9.69 Å². The molecule has 68 valence electrons. The number of aryl methyl sites for hydroxylation is 2. The van der Waals surface area contributed by atoms with E-state index in [1.807, 2.05) is 24.4 Å². The highest BCUT2D eigenvalue weighted by Crippen LogP contribution is 2.31. The summed E-state index contributed by atoms with van der Waals surface area (Å²) in [6, 6.07) is 6.00. The number of hydrogen-bond acceptors (Lipinski definition) is 1. The molecule has 0 spiro atoms. The van der Waals surface area contributed by atoms with E-state index in [0.29, 0.717) is 0 Å². The van der Waals surface area contributed by atoms with Crippen LogP contribution in [0.25, 0.3) is 11.1 Å². The predicted molar refractivity (Wildman–Crippen MR) is 61.6 cm³/mol. The predicted octanol–water partition coefficient (Wildman–Crippen LogP) is 0.374. The lowest BCUT2D eigenvalue weighted by Crippen LogP contribution is -2.09. The van der Waals surface area contributed by atoms with Gasteiger partial charge in [0.25, 0.3) is 7.98 Å². The molecule has 3 rings (SSSR count). The Morgan fingerprint density at radius 3 is 2.93 bits per heavy atom. The van der Waals surface area contributed by atoms with E-state index < -0.39 is 0 Å². The van der Waals surface area contributed by atoms with Crippen LogP contribution in [0.5, 0.6) is 0 Å². The Bertz CT molecular complexity index is 531. The van der Waals surface area contributed by atoms with Crippen LogP contribution in [-0.4, -0.2) is 25.5 Å². The van der Waals surface area contributed by atoms with Gasteiger partial charge in [-0.25, -0.2) is 0 Å². The smallest absolute Gasteiger partial charge is 0.264 e. The lowest BCUT2D eigenvalue weighted by molar-refractivity contribution is 0.860. The fraction of sp³-hybridized carbons (Fsp3) is 0.182. The van der Waals surface area contributed by atoms with Gasteiger partial charge in [-0.05, 0) is 24.0 Å². The second-order valence-corrected chi connectivity index (χ2v) is 3.89. The van der Waals surface area contributed by atoms with Crippen molar-refractivity contribution in [2.45, 2.75) is 12.8 Å². The first kappa shape index (κ1) is 8.84. The number of benzene rings is 1. The molecule has 4 radical (unpaired) electrons. The number of rotatable bonds is 0. The fourth-order valence-corrected chi connectivity index (χ4v) is 2.17. The highest BCUT2D eigenvalue weighted by atomic mass is 15.2. The van der Waals surface area contributed by atoms with Gasteiger partial charge in [-0.2, -0.15) is 5.10 Å². The van der Waals surface area contributed by atoms with Crippen LogP contribution >= 0.6 is 0 Å². The lowest BCUT2D eigenvalue weighted by atomic mass is 9.85. The van der Waals surface area contributed by atoms with Gasteiger partial charge in [0.15, 0.2) is 0 Å². The third-order valence-electron chi connectivity index (χ3n) is 2.86. The third kappa shape index (κ3) is 1.32. The Kier molecular flexibility index (Phi) is 1.78. The van der Waals surface area contributed by atoms with Crippen LogP contribution < -0.4 is 5.46 Å². The van der Waals surface area contributed by atoms with Crippen molar-refractivity contribution in [3.05, 3.63) is 35.7 Å². The summed E-state index contributed by atoms with van der Waals surface area (Å²) in [7, 11) is 11.4. The van der Waals surface area contributed by atoms with Crippen molar-refractivity contribution in [2.75, 3.05) is 0 Å². The average Bonchev–Trinajstić information content (AvgIpc) is 2.58. The summed E-state index contributed by atoms with van der Waals surface area (Å²) in [5, 5.41) is 4.24. The molecule has 2 aromatic rings. The monoisotopic (exact) mass is 190 g/mol. The fourth-order valence-electron chi connectivity index (χ4n) is 2.17. The van der Waals surface area contributed by atoms with Crippen LogP contribution in [0.4, 0.5) is 0 Å². The summed E-state index contributed by atoms with van der Waals surface area (Å²) >= 11 is 0. The Balaban J connectivity index is 2.25. The zero-order valence-corrected chi connectivity index (χ0v) is 8.27. The van der Waals surface area contributed by atoms with Gasteiger partial charge < -0.3 is 4.59 Å². The first-order chi connectivity index (χ1) is 7.24. The second kappa shape index (κ2) is 3.02. The maximum absolute atomic E-state index is 5.76. The molecule has 4 heteroatoms. The summed E-state index contributed by atoms with van der Waals surface area (Å²) < 4.78 is 1.39. The van der Waals surface area contributed by atoms with Crippen molar-refractivity contribution in [3.63, 3.8) is 0 Å². The molecule has 0 bridgehead atoms. The van der Waals surface area contributed by atoms with Crippen LogP contribution in [0, 0.1) is 0 Å². The molecule has 0 saturated carbocycles. The first-order valence-electron chi connectivity index (χ1n) is 4.96. The molecular formula is C11H8B2N2. The van der Waals surface area contributed by atoms with Crippen molar-refractivity contribution in [2.24, 2.45) is 0 Å². The first-order valence-corrected chi connectivity index (χ1v) is 4.96. The molecule has 1 aliphatic rings. The minimum atomic E-state index is 0.817. The Morgan fingerprint density at radius 1 is 1.20 bits per heavy atom. The highest BCUT2D eigenvalue weighted by molar-refractivity contribution is 6.32. The molecule has 1 aromatic heterocycles. The number of fused-ring (bicyclic) bond motifs is 3. The molecule has 15 heavy (non-hydrogen) atoms. The van der Waals surface area contributed by atoms with Crippen LogP contribution in [0.3, 0.4) is 0 Å². The molecule has 1 heterocycles. The molecule has 0 N–H and O–H groups in total. The normalized spacial score (nSPS) is 13.3. The molecule has 0 aliphatic heterocycles. The summed E-state index contributed by atoms with van der Waals surface area (Å²) in [6.45, 7) is 0. The van der Waals surface area contributed by atoms with Crippen molar-refractivity contribution < 1.29 is 0 Å². The Morgan fingerprint density at radius 2 is 2.07 bits per heavy atom. The molecule has 1 aromatic carbocycles. The standard InChI is InChI=1S/C11H8B2N2/c12-8-2-3-9-7(5-8)1-4-11-10(9)6-15(13)14-11/h2-3,5-6H,1,4H2. The van der Waals surface area contributed by atoms with Gasteiger partial charge in [0.2, 0.25) is 0 Å². The summed E-state index contributed by atoms with van der Waals surface area (Å²) in [5.74, 6) is 0. The van der Waals surface area contributed by atoms with Crippen LogP contribution in [0.15, 0.2) is 24.4 Å². The molecule has 0 unspecified atom stereocenters. The highest BCUT2D eigenvalue weighted by Gasteiger charge is 2.18. The third-order valence-corrected chi connectivity index (χ3v) is 2.86. The molecule has 1 aliphatic carbocycles. The van der Waals surface area contributed by atoms with E-state index in [1.54, 1.807) is 0 Å². The second-order valence-electron chi connectivity index (χ2n) is 3.89. The zero-order chi connectivity index (χ0) is 10.4. The molecular weight excluding hydrogens is 182 g/mol. The lowest BCUT2D eigenvalue weighted by Gasteiger charge is -2.15. The molecule has 0 atom stereocenters. The van der Waals surface area contributed by atoms with E-state index in [1.165, 1.54) is 15.7 Å². The van der Waals surface area contributed by atoms with Crippen molar-refractivity contribution in [3.8, 4) is 11.1 Å². The quantitative estimate of drug-likeness (QED) is 0.548. The van der Waals surface area contributed by atoms with Gasteiger partial charge in [-0.1, -0.05) is 23.7 Å². The van der Waals surface area contributed by atoms with Gasteiger partial charge in [-0.15, -0.1) is 0 Å². The Labute approximate surface area is 91.1 Å². The van der Waals surface area contributed by atoms with E-state index in [0.717, 1.165) is 29.6 Å². The number of nitrogens with zero attached hydrogens (tertiary/aromatic N) is 2. The van der Waals surface area contributed by atoms with Crippen LogP contribution in [-0.2, 0) is 12.8 Å². The Hall–Kier alpha value is -1.44. The van der Waals surface area contributed by atoms with Crippen LogP contribution in [0.1, 0.15) is 11.3 Å². The minimum Gasteiger partial charge on any atom is -0.330 e. The molecule has 0 saturated heterocycles. The van der Waals surface area contributed by atoms with E-state index in [9.17, 15) is 0 Å². The summed E-state index contributed by atoms with van der Waals surface area (Å²) in [5.41, 5.74) is 5.53. The van der Waals surface area contributed by atoms with Gasteiger partial charge in [0, 0.05) is 11.8 Å². The van der Waals surface area contributed by atoms with Crippen molar-refractivity contribution in [1.29, 1.82) is 0 Å². The van der Waals surface area contributed by atoms with E-state index >= 15 is 0 Å². The van der Waals surface area contributed by atoms with Crippen molar-refractivity contribution >= 4 is 21.3 Å². The van der Waals surface area contributed by atoms with Gasteiger partial charge >= 0.3 is 0 Å². The molecule has 0 amide bonds. The number of aromatic nitrogens is 2. The average molecular weight is 190 g/mol. The topological polar surface area (TPSA) is 17.8 Å². The maximum Gasteiger partial charge on any atom is 0.264 e. The number of hydrogen-bond donors (Lipinski definition) is 0. The van der Waals surface area contributed by atoms with Crippen LogP contribution in [0.2, 0.25) is 0 Å². The summed E-state index contributed by atoms with van der Waals surface area (Å²) in [6.07, 6.45) is 3.80. The van der Waals surface area contributed by atoms with E-state index in [2.05, 4.69) is 5.10 Å². The van der Waals surface area contributed by atoms with Gasteiger partial charge in [-0.3, -0.25) is 0 Å². The SMILES string of the molecule is [B]c1ccc2c(c1)CCc1nn([B])cc1-2. The van der Waals surface area contributed by atoms with Gasteiger partial charge in [0.05, 0.1) is 5.69 Å². The molecule has 2 nitrogen and oxygen atoms in total. The zero-order valence-electron chi connectivity index (χ0n) is 8.27. The largest absolute Gasteiger partial charge is 0.330 e. The maximum atomic E-state index is 5.76. The van der Waals surface area contributed by atoms with E-state index in [-0.39, 0.29) is 0 Å². The summed E-state index contributed by atoms with van der Waals surface area (Å²) in [4.78, 5) is 0. The molecule has 0 fully saturated rings.